The first-order valence-electron chi connectivity index (χ1n) is 22.7. The first-order valence-corrected chi connectivity index (χ1v) is 24.2. The van der Waals surface area contributed by atoms with E-state index in [4.69, 9.17) is 23.6 Å². The van der Waals surface area contributed by atoms with Crippen molar-refractivity contribution in [3.05, 3.63) is 12.2 Å². The molecule has 0 rings (SSSR count). The van der Waals surface area contributed by atoms with Gasteiger partial charge in [-0.2, -0.15) is 0 Å². The zero-order valence-electron chi connectivity index (χ0n) is 35.2. The average molecular weight is 791 g/mol. The molecule has 0 saturated heterocycles. The second-order valence-electron chi connectivity index (χ2n) is 15.4. The molecule has 0 bridgehead atoms. The maximum absolute atomic E-state index is 12.6. The maximum Gasteiger partial charge on any atom is 0.472 e. The summed E-state index contributed by atoms with van der Waals surface area (Å²) in [6.45, 7) is 3.56. The Labute approximate surface area is 332 Å². The molecule has 0 aliphatic heterocycles. The molecule has 0 amide bonds. The quantitative estimate of drug-likeness (QED) is 0.0239. The topological polar surface area (TPSA) is 132 Å². The van der Waals surface area contributed by atoms with Crippen molar-refractivity contribution < 1.29 is 43.0 Å². The highest BCUT2D eigenvalue weighted by Gasteiger charge is 2.26. The minimum atomic E-state index is -4.51. The third kappa shape index (κ3) is 40.9. The number of hydrogen-bond acceptors (Lipinski definition) is 8. The van der Waals surface area contributed by atoms with Crippen LogP contribution >= 0.6 is 7.82 Å². The maximum atomic E-state index is 12.6. The molecule has 0 aromatic rings. The summed E-state index contributed by atoms with van der Waals surface area (Å²) in [6.07, 6.45) is 41.6. The van der Waals surface area contributed by atoms with E-state index < -0.39 is 33.2 Å². The number of unbranched alkanes of at least 4 members (excludes halogenated alkanes) is 28. The van der Waals surface area contributed by atoms with Crippen LogP contribution < -0.4 is 0 Å². The Morgan fingerprint density at radius 1 is 0.556 bits per heavy atom. The number of rotatable bonds is 44. The summed E-state index contributed by atoms with van der Waals surface area (Å²) in [4.78, 5) is 22.6. The Kier molecular flexibility index (Phi) is 41.2. The second-order valence-corrected chi connectivity index (χ2v) is 16.9. The van der Waals surface area contributed by atoms with E-state index in [0.717, 1.165) is 44.9 Å². The molecular weight excluding hydrogens is 703 g/mol. The van der Waals surface area contributed by atoms with E-state index in [1.54, 1.807) is 0 Å². The Hall–Kier alpha value is -0.800. The van der Waals surface area contributed by atoms with Crippen LogP contribution in [0.1, 0.15) is 219 Å². The molecule has 0 spiro atoms. The van der Waals surface area contributed by atoms with E-state index in [-0.39, 0.29) is 25.6 Å². The van der Waals surface area contributed by atoms with E-state index >= 15 is 0 Å². The van der Waals surface area contributed by atoms with Gasteiger partial charge in [-0.15, -0.1) is 0 Å². The minimum absolute atomic E-state index is 0.0536. The Morgan fingerprint density at radius 3 is 1.39 bits per heavy atom. The SMILES string of the molecule is CCCCCCCC/C=C\CCCCCCCCCC(=O)O[C@H](COCCCCCCCCCCCCCCCCCC)COP(=O)(O)OC[C@@H](O)CO. The van der Waals surface area contributed by atoms with Crippen molar-refractivity contribution in [1.29, 1.82) is 0 Å². The summed E-state index contributed by atoms with van der Waals surface area (Å²) in [5, 5.41) is 18.4. The lowest BCUT2D eigenvalue weighted by Crippen LogP contribution is -2.29. The van der Waals surface area contributed by atoms with Crippen molar-refractivity contribution in [3.63, 3.8) is 0 Å². The molecule has 9 nitrogen and oxygen atoms in total. The summed E-state index contributed by atoms with van der Waals surface area (Å²) in [7, 11) is -4.51. The zero-order chi connectivity index (χ0) is 39.6. The highest BCUT2D eigenvalue weighted by atomic mass is 31.2. The normalized spacial score (nSPS) is 14.1. The van der Waals surface area contributed by atoms with Crippen molar-refractivity contribution in [1.82, 2.24) is 0 Å². The molecule has 54 heavy (non-hydrogen) atoms. The van der Waals surface area contributed by atoms with Gasteiger partial charge in [-0.05, 0) is 38.5 Å². The average Bonchev–Trinajstić information content (AvgIpc) is 3.16. The molecule has 0 fully saturated rings. The number of carbonyl (C=O) groups is 1. The molecule has 0 aromatic carbocycles. The largest absolute Gasteiger partial charge is 0.472 e. The number of ether oxygens (including phenoxy) is 2. The fourth-order valence-electron chi connectivity index (χ4n) is 6.47. The first kappa shape index (κ1) is 53.2. The van der Waals surface area contributed by atoms with Crippen LogP contribution in [-0.4, -0.2) is 66.3 Å². The van der Waals surface area contributed by atoms with Crippen LogP contribution in [0.4, 0.5) is 0 Å². The van der Waals surface area contributed by atoms with E-state index in [0.29, 0.717) is 6.61 Å². The van der Waals surface area contributed by atoms with Crippen LogP contribution in [0.25, 0.3) is 0 Å². The third-order valence-corrected chi connectivity index (χ3v) is 10.9. The van der Waals surface area contributed by atoms with Gasteiger partial charge in [0.25, 0.3) is 0 Å². The molecule has 0 aliphatic carbocycles. The summed E-state index contributed by atoms with van der Waals surface area (Å²) < 4.78 is 33.4. The van der Waals surface area contributed by atoms with Gasteiger partial charge in [-0.1, -0.05) is 187 Å². The zero-order valence-corrected chi connectivity index (χ0v) is 36.1. The van der Waals surface area contributed by atoms with Gasteiger partial charge in [-0.25, -0.2) is 4.57 Å². The van der Waals surface area contributed by atoms with Crippen molar-refractivity contribution in [3.8, 4) is 0 Å². The van der Waals surface area contributed by atoms with Gasteiger partial charge < -0.3 is 24.6 Å². The van der Waals surface area contributed by atoms with E-state index in [1.807, 2.05) is 0 Å². The number of phosphoric ester groups is 1. The minimum Gasteiger partial charge on any atom is -0.457 e. The molecule has 0 radical (unpaired) electrons. The fraction of sp³-hybridized carbons (Fsp3) is 0.932. The molecule has 1 unspecified atom stereocenters. The smallest absolute Gasteiger partial charge is 0.457 e. The van der Waals surface area contributed by atoms with Crippen LogP contribution in [-0.2, 0) is 27.9 Å². The Bertz CT molecular complexity index is 856. The van der Waals surface area contributed by atoms with Gasteiger partial charge in [0.1, 0.15) is 12.2 Å². The molecule has 0 aliphatic rings. The number of carbonyl (C=O) groups excluding carboxylic acids is 1. The third-order valence-electron chi connectivity index (χ3n) is 9.95. The van der Waals surface area contributed by atoms with E-state index in [2.05, 4.69) is 26.0 Å². The molecule has 3 atom stereocenters. The standard InChI is InChI=1S/C44H87O9P/c1-3-5-7-9-11-13-15-17-19-21-22-24-26-28-30-32-34-36-44(47)53-43(41-52-54(48,49)51-39-42(46)38-45)40-50-37-35-33-31-29-27-25-23-20-18-16-14-12-10-8-6-4-2/h17,19,42-43,45-46H,3-16,18,20-41H2,1-2H3,(H,48,49)/b19-17-/t42-,43+/m0/s1. The molecule has 3 N–H and O–H groups in total. The van der Waals surface area contributed by atoms with Crippen LogP contribution in [0, 0.1) is 0 Å². The van der Waals surface area contributed by atoms with Crippen LogP contribution in [0.5, 0.6) is 0 Å². The number of hydrogen-bond donors (Lipinski definition) is 3. The van der Waals surface area contributed by atoms with Crippen LogP contribution in [0.2, 0.25) is 0 Å². The molecule has 10 heteroatoms. The lowest BCUT2D eigenvalue weighted by atomic mass is 10.0. The highest BCUT2D eigenvalue weighted by Crippen LogP contribution is 2.43. The summed E-state index contributed by atoms with van der Waals surface area (Å²) in [6, 6.07) is 0. The first-order chi connectivity index (χ1) is 26.3. The summed E-state index contributed by atoms with van der Waals surface area (Å²) in [5.41, 5.74) is 0. The highest BCUT2D eigenvalue weighted by molar-refractivity contribution is 7.47. The number of aliphatic hydroxyl groups excluding tert-OH is 2. The van der Waals surface area contributed by atoms with Crippen molar-refractivity contribution in [2.75, 3.05) is 33.0 Å². The number of aliphatic hydroxyl groups is 2. The predicted octanol–water partition coefficient (Wildman–Crippen LogP) is 12.5. The number of allylic oxidation sites excluding steroid dienone is 2. The molecule has 0 saturated carbocycles. The van der Waals surface area contributed by atoms with Crippen LogP contribution in [0.15, 0.2) is 12.2 Å². The Balaban J connectivity index is 4.12. The molecular formula is C44H87O9P. The van der Waals surface area contributed by atoms with E-state index in [9.17, 15) is 19.4 Å². The lowest BCUT2D eigenvalue weighted by molar-refractivity contribution is -0.154. The van der Waals surface area contributed by atoms with Gasteiger partial charge in [-0.3, -0.25) is 13.8 Å². The molecule has 322 valence electrons. The summed E-state index contributed by atoms with van der Waals surface area (Å²) >= 11 is 0. The Morgan fingerprint density at radius 2 is 0.944 bits per heavy atom. The lowest BCUT2D eigenvalue weighted by Gasteiger charge is -2.20. The number of phosphoric acid groups is 1. The van der Waals surface area contributed by atoms with Gasteiger partial charge >= 0.3 is 13.8 Å². The van der Waals surface area contributed by atoms with Gasteiger partial charge in [0.2, 0.25) is 0 Å². The van der Waals surface area contributed by atoms with Crippen molar-refractivity contribution >= 4 is 13.8 Å². The summed E-state index contributed by atoms with van der Waals surface area (Å²) in [5.74, 6) is -0.383. The van der Waals surface area contributed by atoms with Crippen LogP contribution in [0.3, 0.4) is 0 Å². The second kappa shape index (κ2) is 41.8. The van der Waals surface area contributed by atoms with Gasteiger partial charge in [0, 0.05) is 13.0 Å². The predicted molar refractivity (Wildman–Crippen MR) is 224 cm³/mol. The fourth-order valence-corrected chi connectivity index (χ4v) is 7.26. The van der Waals surface area contributed by atoms with E-state index in [1.165, 1.54) is 154 Å². The van der Waals surface area contributed by atoms with Crippen molar-refractivity contribution in [2.24, 2.45) is 0 Å². The molecule has 0 aromatic heterocycles. The monoisotopic (exact) mass is 791 g/mol. The molecule has 0 heterocycles. The van der Waals surface area contributed by atoms with Gasteiger partial charge in [0.15, 0.2) is 0 Å². The number of esters is 1. The van der Waals surface area contributed by atoms with Gasteiger partial charge in [0.05, 0.1) is 26.4 Å². The van der Waals surface area contributed by atoms with Crippen molar-refractivity contribution in [2.45, 2.75) is 232 Å².